The Morgan fingerprint density at radius 2 is 1.93 bits per heavy atom. The Morgan fingerprint density at radius 3 is 2.66 bits per heavy atom. The zero-order valence-electron chi connectivity index (χ0n) is 15.9. The van der Waals surface area contributed by atoms with Crippen LogP contribution < -0.4 is 21.8 Å². The molecule has 4 rings (SSSR count). The van der Waals surface area contributed by atoms with E-state index in [2.05, 4.69) is 9.97 Å². The van der Waals surface area contributed by atoms with Gasteiger partial charge in [-0.05, 0) is 35.9 Å². The maximum Gasteiger partial charge on any atom is 0.260 e. The van der Waals surface area contributed by atoms with E-state index in [4.69, 9.17) is 16.9 Å². The molecular formula is C22H21N6O+. The van der Waals surface area contributed by atoms with E-state index in [1.165, 1.54) is 6.21 Å². The molecule has 0 unspecified atom stereocenters. The summed E-state index contributed by atoms with van der Waals surface area (Å²) in [5, 5.41) is 6.70. The van der Waals surface area contributed by atoms with Gasteiger partial charge in [0.15, 0.2) is 6.21 Å². The van der Waals surface area contributed by atoms with Crippen LogP contribution in [0.3, 0.4) is 0 Å². The summed E-state index contributed by atoms with van der Waals surface area (Å²) in [6, 6.07) is 14.8. The van der Waals surface area contributed by atoms with Gasteiger partial charge in [0.2, 0.25) is 0 Å². The van der Waals surface area contributed by atoms with Gasteiger partial charge in [-0.2, -0.15) is 0 Å². The summed E-state index contributed by atoms with van der Waals surface area (Å²) >= 11 is 0. The fraction of sp³-hybridized carbons (Fsp3) is 0.0455. The van der Waals surface area contributed by atoms with Crippen LogP contribution in [0.4, 0.5) is 17.2 Å². The SMILES string of the molecule is CN(C(=O)c1cc(-c2c[nH]c3cnc(N)cc23)cc(C=[NH2+])c1N)c1ccccc1. The van der Waals surface area contributed by atoms with Crippen LogP contribution in [-0.2, 0) is 0 Å². The molecule has 0 saturated heterocycles. The number of aromatic amines is 1. The Labute approximate surface area is 167 Å². The lowest BCUT2D eigenvalue weighted by atomic mass is 9.97. The quantitative estimate of drug-likeness (QED) is 0.316. The number of nitrogens with two attached hydrogens (primary N) is 3. The fourth-order valence-corrected chi connectivity index (χ4v) is 3.37. The molecule has 0 saturated carbocycles. The van der Waals surface area contributed by atoms with E-state index in [1.54, 1.807) is 30.3 Å². The zero-order valence-corrected chi connectivity index (χ0v) is 15.9. The zero-order chi connectivity index (χ0) is 20.5. The van der Waals surface area contributed by atoms with Crippen LogP contribution in [0.2, 0.25) is 0 Å². The van der Waals surface area contributed by atoms with Crippen LogP contribution in [0, 0.1) is 0 Å². The maximum absolute atomic E-state index is 13.2. The van der Waals surface area contributed by atoms with Crippen LogP contribution in [0.1, 0.15) is 15.9 Å². The second-order valence-corrected chi connectivity index (χ2v) is 6.75. The van der Waals surface area contributed by atoms with Crippen molar-refractivity contribution in [3.05, 3.63) is 72.1 Å². The Morgan fingerprint density at radius 1 is 1.17 bits per heavy atom. The largest absolute Gasteiger partial charge is 0.397 e. The monoisotopic (exact) mass is 385 g/mol. The highest BCUT2D eigenvalue weighted by Crippen LogP contribution is 2.33. The van der Waals surface area contributed by atoms with Gasteiger partial charge in [-0.25, -0.2) is 4.98 Å². The van der Waals surface area contributed by atoms with Gasteiger partial charge >= 0.3 is 0 Å². The summed E-state index contributed by atoms with van der Waals surface area (Å²) in [5.41, 5.74) is 16.7. The Bertz CT molecular complexity index is 1230. The number of rotatable bonds is 4. The second kappa shape index (κ2) is 7.12. The molecule has 7 heteroatoms. The minimum absolute atomic E-state index is 0.223. The van der Waals surface area contributed by atoms with Gasteiger partial charge in [0.25, 0.3) is 5.91 Å². The van der Waals surface area contributed by atoms with Gasteiger partial charge in [0.1, 0.15) is 5.82 Å². The third-order valence-corrected chi connectivity index (χ3v) is 4.97. The Hall–Kier alpha value is -4.13. The first kappa shape index (κ1) is 18.2. The predicted octanol–water partition coefficient (Wildman–Crippen LogP) is 1.85. The van der Waals surface area contributed by atoms with Crippen molar-refractivity contribution in [2.45, 2.75) is 0 Å². The van der Waals surface area contributed by atoms with Crippen molar-refractivity contribution in [1.29, 1.82) is 0 Å². The molecule has 0 atom stereocenters. The summed E-state index contributed by atoms with van der Waals surface area (Å²) in [5.74, 6) is 0.194. The lowest BCUT2D eigenvalue weighted by Crippen LogP contribution is -2.31. The van der Waals surface area contributed by atoms with Crippen LogP contribution in [0.25, 0.3) is 22.0 Å². The predicted molar refractivity (Wildman–Crippen MR) is 117 cm³/mol. The number of hydrogen-bond acceptors (Lipinski definition) is 4. The van der Waals surface area contributed by atoms with E-state index < -0.39 is 0 Å². The first-order valence-electron chi connectivity index (χ1n) is 9.04. The van der Waals surface area contributed by atoms with Gasteiger partial charge in [0.05, 0.1) is 28.5 Å². The summed E-state index contributed by atoms with van der Waals surface area (Å²) in [6.45, 7) is 0. The lowest BCUT2D eigenvalue weighted by molar-refractivity contribution is -0.104. The van der Waals surface area contributed by atoms with E-state index >= 15 is 0 Å². The first-order valence-corrected chi connectivity index (χ1v) is 9.04. The van der Waals surface area contributed by atoms with E-state index in [0.717, 1.165) is 27.7 Å². The molecule has 4 aromatic rings. The number of aromatic nitrogens is 2. The van der Waals surface area contributed by atoms with Gasteiger partial charge in [-0.1, -0.05) is 18.2 Å². The average molecular weight is 385 g/mol. The molecule has 2 heterocycles. The highest BCUT2D eigenvalue weighted by Gasteiger charge is 2.21. The van der Waals surface area contributed by atoms with Crippen molar-refractivity contribution in [2.75, 3.05) is 23.4 Å². The minimum atomic E-state index is -0.223. The van der Waals surface area contributed by atoms with Gasteiger partial charge in [0, 0.05) is 29.9 Å². The van der Waals surface area contributed by atoms with Crippen molar-refractivity contribution in [3.63, 3.8) is 0 Å². The van der Waals surface area contributed by atoms with Gasteiger partial charge < -0.3 is 21.4 Å². The number of carbonyl (C=O) groups excluding carboxylic acids is 1. The van der Waals surface area contributed by atoms with Crippen molar-refractivity contribution in [2.24, 2.45) is 0 Å². The van der Waals surface area contributed by atoms with Crippen LogP contribution in [-0.4, -0.2) is 29.1 Å². The van der Waals surface area contributed by atoms with Crippen LogP contribution >= 0.6 is 0 Å². The number of anilines is 3. The molecule has 0 bridgehead atoms. The molecule has 0 spiro atoms. The standard InChI is InChI=1S/C22H20N6O/c1-28(15-5-3-2-4-6-15)22(29)17-8-13(7-14(10-23)21(17)25)18-11-26-19-12-27-20(24)9-16(18)19/h2-12,23,26H,25H2,1H3,(H2,24,27)/p+1. The van der Waals surface area contributed by atoms with Crippen molar-refractivity contribution in [3.8, 4) is 11.1 Å². The summed E-state index contributed by atoms with van der Waals surface area (Å²) < 4.78 is 0. The van der Waals surface area contributed by atoms with Crippen molar-refractivity contribution < 1.29 is 10.2 Å². The number of nitrogens with one attached hydrogen (secondary N) is 1. The summed E-state index contributed by atoms with van der Waals surface area (Å²) in [6.07, 6.45) is 4.94. The minimum Gasteiger partial charge on any atom is -0.397 e. The number of nitrogens with zero attached hydrogens (tertiary/aromatic N) is 2. The number of fused-ring (bicyclic) bond motifs is 1. The Balaban J connectivity index is 1.86. The molecule has 144 valence electrons. The third kappa shape index (κ3) is 3.19. The molecule has 0 aliphatic carbocycles. The number of H-pyrrole nitrogens is 1. The topological polar surface area (TPSA) is 127 Å². The van der Waals surface area contributed by atoms with E-state index in [0.29, 0.717) is 22.6 Å². The van der Waals surface area contributed by atoms with Crippen molar-refractivity contribution >= 4 is 40.2 Å². The lowest BCUT2D eigenvalue weighted by Gasteiger charge is -2.19. The normalized spacial score (nSPS) is 10.8. The number of pyridine rings is 1. The molecule has 7 N–H and O–H groups in total. The van der Waals surface area contributed by atoms with E-state index in [-0.39, 0.29) is 5.91 Å². The molecule has 0 fully saturated rings. The maximum atomic E-state index is 13.2. The molecule has 29 heavy (non-hydrogen) atoms. The molecule has 0 radical (unpaired) electrons. The smallest absolute Gasteiger partial charge is 0.260 e. The van der Waals surface area contributed by atoms with Gasteiger partial charge in [-0.15, -0.1) is 0 Å². The number of benzene rings is 2. The molecule has 1 amide bonds. The van der Waals surface area contributed by atoms with E-state index in [1.807, 2.05) is 42.6 Å². The van der Waals surface area contributed by atoms with Crippen molar-refractivity contribution in [1.82, 2.24) is 9.97 Å². The Kier molecular flexibility index (Phi) is 4.48. The second-order valence-electron chi connectivity index (χ2n) is 6.75. The third-order valence-electron chi connectivity index (χ3n) is 4.97. The van der Waals surface area contributed by atoms with Crippen LogP contribution in [0.5, 0.6) is 0 Å². The number of para-hydroxylation sites is 1. The highest BCUT2D eigenvalue weighted by atomic mass is 16.2. The molecule has 0 aliphatic heterocycles. The molecular weight excluding hydrogens is 364 g/mol. The number of carbonyl (C=O) groups is 1. The van der Waals surface area contributed by atoms with Gasteiger partial charge in [-0.3, -0.25) is 10.2 Å². The van der Waals surface area contributed by atoms with E-state index in [9.17, 15) is 4.79 Å². The summed E-state index contributed by atoms with van der Waals surface area (Å²) in [4.78, 5) is 22.1. The molecule has 0 aliphatic rings. The number of nitrogen functional groups attached to an aromatic ring is 2. The highest BCUT2D eigenvalue weighted by molar-refractivity contribution is 6.12. The molecule has 7 nitrogen and oxygen atoms in total. The first-order chi connectivity index (χ1) is 14.0. The average Bonchev–Trinajstić information content (AvgIpc) is 3.16. The number of hydrogen-bond donors (Lipinski definition) is 4. The molecule has 2 aromatic carbocycles. The summed E-state index contributed by atoms with van der Waals surface area (Å²) in [7, 11) is 1.72. The molecule has 2 aromatic heterocycles. The fourth-order valence-electron chi connectivity index (χ4n) is 3.37. The number of amides is 1. The van der Waals surface area contributed by atoms with Crippen LogP contribution in [0.15, 0.2) is 60.9 Å².